The van der Waals surface area contributed by atoms with Crippen LogP contribution in [0.1, 0.15) is 17.3 Å². The van der Waals surface area contributed by atoms with Crippen molar-refractivity contribution in [2.24, 2.45) is 5.73 Å². The van der Waals surface area contributed by atoms with Gasteiger partial charge < -0.3 is 15.2 Å². The Morgan fingerprint density at radius 3 is 2.87 bits per heavy atom. The number of nitrogens with two attached hydrogens (primary N) is 1. The number of aromatic nitrogens is 1. The fourth-order valence-electron chi connectivity index (χ4n) is 0.902. The number of hydrogen-bond donors (Lipinski definition) is 1. The van der Waals surface area contributed by atoms with Gasteiger partial charge >= 0.3 is 6.16 Å². The number of pyridine rings is 1. The third-order valence-corrected chi connectivity index (χ3v) is 1.51. The molecule has 0 atom stereocenters. The molecule has 1 aromatic heterocycles. The Morgan fingerprint density at radius 2 is 2.27 bits per heavy atom. The number of primary amides is 1. The van der Waals surface area contributed by atoms with Gasteiger partial charge in [0.15, 0.2) is 5.75 Å². The van der Waals surface area contributed by atoms with Crippen molar-refractivity contribution in [2.75, 3.05) is 6.61 Å². The highest BCUT2D eigenvalue weighted by Crippen LogP contribution is 2.15. The van der Waals surface area contributed by atoms with Crippen LogP contribution in [0, 0.1) is 0 Å². The second-order valence-electron chi connectivity index (χ2n) is 2.52. The van der Waals surface area contributed by atoms with Crippen molar-refractivity contribution < 1.29 is 19.1 Å². The molecular weight excluding hydrogens is 200 g/mol. The molecule has 15 heavy (non-hydrogen) atoms. The zero-order valence-corrected chi connectivity index (χ0v) is 8.10. The first-order chi connectivity index (χ1) is 7.15. The van der Waals surface area contributed by atoms with Gasteiger partial charge in [0, 0.05) is 6.20 Å². The molecule has 1 heterocycles. The summed E-state index contributed by atoms with van der Waals surface area (Å²) in [6.45, 7) is 1.82. The minimum absolute atomic E-state index is 0.0107. The fourth-order valence-corrected chi connectivity index (χ4v) is 0.902. The van der Waals surface area contributed by atoms with Gasteiger partial charge in [0.25, 0.3) is 5.91 Å². The van der Waals surface area contributed by atoms with Crippen LogP contribution in [-0.4, -0.2) is 23.7 Å². The third-order valence-electron chi connectivity index (χ3n) is 1.51. The lowest BCUT2D eigenvalue weighted by molar-refractivity contribution is 0.0977. The lowest BCUT2D eigenvalue weighted by atomic mass is 10.2. The largest absolute Gasteiger partial charge is 0.513 e. The number of carbonyl (C=O) groups is 2. The molecule has 80 valence electrons. The SMILES string of the molecule is CCOC(=O)Oc1cnccc1C(N)=O. The average molecular weight is 210 g/mol. The number of carbonyl (C=O) groups excluding carboxylic acids is 2. The zero-order chi connectivity index (χ0) is 11.3. The standard InChI is InChI=1S/C9H10N2O4/c1-2-14-9(13)15-7-5-11-4-3-6(7)8(10)12/h3-5H,2H2,1H3,(H2,10,12). The van der Waals surface area contributed by atoms with E-state index in [0.29, 0.717) is 0 Å². The summed E-state index contributed by atoms with van der Waals surface area (Å²) in [5.41, 5.74) is 5.15. The van der Waals surface area contributed by atoms with Crippen LogP contribution in [-0.2, 0) is 4.74 Å². The molecule has 0 aromatic carbocycles. The van der Waals surface area contributed by atoms with E-state index >= 15 is 0 Å². The van der Waals surface area contributed by atoms with Crippen LogP contribution in [0.15, 0.2) is 18.5 Å². The maximum Gasteiger partial charge on any atom is 0.513 e. The summed E-state index contributed by atoms with van der Waals surface area (Å²) in [5, 5.41) is 0. The van der Waals surface area contributed by atoms with Crippen LogP contribution in [0.25, 0.3) is 0 Å². The van der Waals surface area contributed by atoms with Crippen molar-refractivity contribution in [3.63, 3.8) is 0 Å². The Bertz CT molecular complexity index is 378. The molecule has 0 saturated carbocycles. The molecule has 0 radical (unpaired) electrons. The first kappa shape index (κ1) is 11.0. The van der Waals surface area contributed by atoms with E-state index in [0.717, 1.165) is 0 Å². The van der Waals surface area contributed by atoms with Crippen LogP contribution in [0.4, 0.5) is 4.79 Å². The molecule has 6 heteroatoms. The molecule has 0 aliphatic heterocycles. The number of amides is 1. The normalized spacial score (nSPS) is 9.40. The summed E-state index contributed by atoms with van der Waals surface area (Å²) in [4.78, 5) is 25.6. The lowest BCUT2D eigenvalue weighted by Crippen LogP contribution is -2.16. The topological polar surface area (TPSA) is 91.5 Å². The molecule has 6 nitrogen and oxygen atoms in total. The molecule has 0 unspecified atom stereocenters. The summed E-state index contributed by atoms with van der Waals surface area (Å²) in [5.74, 6) is -0.708. The van der Waals surface area contributed by atoms with Gasteiger partial charge in [-0.05, 0) is 13.0 Å². The summed E-state index contributed by atoms with van der Waals surface area (Å²) in [6.07, 6.45) is 1.70. The van der Waals surface area contributed by atoms with Crippen LogP contribution in [0.2, 0.25) is 0 Å². The van der Waals surface area contributed by atoms with Gasteiger partial charge in [-0.3, -0.25) is 9.78 Å². The number of ether oxygens (including phenoxy) is 2. The lowest BCUT2D eigenvalue weighted by Gasteiger charge is -2.06. The Morgan fingerprint density at radius 1 is 1.53 bits per heavy atom. The number of nitrogens with zero attached hydrogens (tertiary/aromatic N) is 1. The molecular formula is C9H10N2O4. The van der Waals surface area contributed by atoms with Crippen molar-refractivity contribution in [3.05, 3.63) is 24.0 Å². The molecule has 0 spiro atoms. The van der Waals surface area contributed by atoms with Crippen LogP contribution >= 0.6 is 0 Å². The zero-order valence-electron chi connectivity index (χ0n) is 8.10. The Hall–Kier alpha value is -2.11. The van der Waals surface area contributed by atoms with Gasteiger partial charge in [-0.25, -0.2) is 4.79 Å². The smallest absolute Gasteiger partial charge is 0.434 e. The Labute approximate surface area is 86.0 Å². The van der Waals surface area contributed by atoms with E-state index in [2.05, 4.69) is 9.72 Å². The maximum atomic E-state index is 11.0. The minimum atomic E-state index is -0.895. The van der Waals surface area contributed by atoms with Crippen LogP contribution in [0.5, 0.6) is 5.75 Å². The maximum absolute atomic E-state index is 11.0. The average Bonchev–Trinajstić information content (AvgIpc) is 2.18. The summed E-state index contributed by atoms with van der Waals surface area (Å²) in [7, 11) is 0. The number of hydrogen-bond acceptors (Lipinski definition) is 5. The van der Waals surface area contributed by atoms with Crippen molar-refractivity contribution in [1.29, 1.82) is 0 Å². The number of rotatable bonds is 3. The van der Waals surface area contributed by atoms with Gasteiger partial charge in [-0.1, -0.05) is 0 Å². The quantitative estimate of drug-likeness (QED) is 0.742. The predicted molar refractivity (Wildman–Crippen MR) is 50.4 cm³/mol. The Kier molecular flexibility index (Phi) is 3.61. The fraction of sp³-hybridized carbons (Fsp3) is 0.222. The highest BCUT2D eigenvalue weighted by Gasteiger charge is 2.13. The molecule has 0 fully saturated rings. The van der Waals surface area contributed by atoms with E-state index in [-0.39, 0.29) is 17.9 Å². The highest BCUT2D eigenvalue weighted by atomic mass is 16.7. The summed E-state index contributed by atoms with van der Waals surface area (Å²) in [6, 6.07) is 1.36. The molecule has 1 amide bonds. The molecule has 1 aromatic rings. The van der Waals surface area contributed by atoms with Crippen molar-refractivity contribution in [2.45, 2.75) is 6.92 Å². The Balaban J connectivity index is 2.84. The van der Waals surface area contributed by atoms with E-state index in [1.54, 1.807) is 6.92 Å². The van der Waals surface area contributed by atoms with Crippen molar-refractivity contribution >= 4 is 12.1 Å². The van der Waals surface area contributed by atoms with Gasteiger partial charge in [0.1, 0.15) is 0 Å². The van der Waals surface area contributed by atoms with E-state index in [1.807, 2.05) is 0 Å². The van der Waals surface area contributed by atoms with E-state index in [9.17, 15) is 9.59 Å². The van der Waals surface area contributed by atoms with Gasteiger partial charge in [-0.15, -0.1) is 0 Å². The minimum Gasteiger partial charge on any atom is -0.434 e. The molecule has 0 aliphatic rings. The predicted octanol–water partition coefficient (Wildman–Crippen LogP) is 0.716. The first-order valence-electron chi connectivity index (χ1n) is 4.23. The second kappa shape index (κ2) is 4.94. The van der Waals surface area contributed by atoms with Crippen molar-refractivity contribution in [3.8, 4) is 5.75 Å². The van der Waals surface area contributed by atoms with Crippen LogP contribution < -0.4 is 10.5 Å². The first-order valence-corrected chi connectivity index (χ1v) is 4.23. The monoisotopic (exact) mass is 210 g/mol. The molecule has 1 rings (SSSR count). The van der Waals surface area contributed by atoms with Gasteiger partial charge in [0.05, 0.1) is 18.4 Å². The van der Waals surface area contributed by atoms with E-state index in [1.165, 1.54) is 18.5 Å². The highest BCUT2D eigenvalue weighted by molar-refractivity contribution is 5.95. The van der Waals surface area contributed by atoms with Gasteiger partial charge in [0.2, 0.25) is 0 Å². The van der Waals surface area contributed by atoms with Gasteiger partial charge in [-0.2, -0.15) is 0 Å². The summed E-state index contributed by atoms with van der Waals surface area (Å²) >= 11 is 0. The van der Waals surface area contributed by atoms with E-state index in [4.69, 9.17) is 10.5 Å². The van der Waals surface area contributed by atoms with Crippen LogP contribution in [0.3, 0.4) is 0 Å². The molecule has 0 saturated heterocycles. The van der Waals surface area contributed by atoms with Crippen molar-refractivity contribution in [1.82, 2.24) is 4.98 Å². The second-order valence-corrected chi connectivity index (χ2v) is 2.52. The third kappa shape index (κ3) is 2.94. The summed E-state index contributed by atoms with van der Waals surface area (Å²) < 4.78 is 9.26. The van der Waals surface area contributed by atoms with E-state index < -0.39 is 12.1 Å². The molecule has 0 aliphatic carbocycles. The molecule has 2 N–H and O–H groups in total. The molecule has 0 bridgehead atoms.